The summed E-state index contributed by atoms with van der Waals surface area (Å²) in [6.45, 7) is 7.52. The van der Waals surface area contributed by atoms with Crippen molar-refractivity contribution in [1.29, 1.82) is 0 Å². The molecule has 0 amide bonds. The van der Waals surface area contributed by atoms with Crippen molar-refractivity contribution in [2.45, 2.75) is 0 Å². The van der Waals surface area contributed by atoms with Gasteiger partial charge in [0.2, 0.25) is 0 Å². The van der Waals surface area contributed by atoms with Crippen molar-refractivity contribution in [3.63, 3.8) is 0 Å². The second-order valence-electron chi connectivity index (χ2n) is 10.1. The van der Waals surface area contributed by atoms with Gasteiger partial charge in [-0.25, -0.2) is 4.85 Å². The van der Waals surface area contributed by atoms with Crippen LogP contribution >= 0.6 is 0 Å². The topological polar surface area (TPSA) is 14.2 Å². The number of para-hydroxylation sites is 3. The van der Waals surface area contributed by atoms with E-state index in [0.29, 0.717) is 5.69 Å². The molecule has 2 aromatic heterocycles. The van der Waals surface area contributed by atoms with Crippen molar-refractivity contribution in [2.24, 2.45) is 0 Å². The Morgan fingerprint density at radius 2 is 0.950 bits per heavy atom. The van der Waals surface area contributed by atoms with E-state index in [1.165, 1.54) is 44.0 Å². The minimum Gasteiger partial charge on any atom is -0.311 e. The Hall–Kier alpha value is -5.59. The minimum absolute atomic E-state index is 0.649. The molecule has 0 radical (unpaired) electrons. The van der Waals surface area contributed by atoms with Crippen LogP contribution in [0, 0.1) is 6.57 Å². The van der Waals surface area contributed by atoms with Crippen molar-refractivity contribution in [2.75, 3.05) is 0 Å². The molecule has 2 heterocycles. The number of aromatic nitrogens is 2. The zero-order valence-corrected chi connectivity index (χ0v) is 21.6. The molecule has 0 N–H and O–H groups in total. The highest BCUT2D eigenvalue weighted by atomic mass is 15.0. The van der Waals surface area contributed by atoms with Crippen LogP contribution in [0.3, 0.4) is 0 Å². The Morgan fingerprint density at radius 1 is 0.400 bits per heavy atom. The first-order chi connectivity index (χ1) is 19.8. The van der Waals surface area contributed by atoms with Gasteiger partial charge in [-0.1, -0.05) is 84.9 Å². The Balaban J connectivity index is 1.28. The van der Waals surface area contributed by atoms with E-state index in [1.807, 2.05) is 12.1 Å². The van der Waals surface area contributed by atoms with E-state index in [1.54, 1.807) is 0 Å². The van der Waals surface area contributed by atoms with E-state index in [0.717, 1.165) is 22.1 Å². The van der Waals surface area contributed by atoms with Gasteiger partial charge in [-0.3, -0.25) is 0 Å². The monoisotopic (exact) mass is 509 g/mol. The molecular weight excluding hydrogens is 486 g/mol. The Bertz CT molecular complexity index is 2260. The normalized spacial score (nSPS) is 11.5. The van der Waals surface area contributed by atoms with E-state index in [-0.39, 0.29) is 0 Å². The molecule has 0 aliphatic rings. The summed E-state index contributed by atoms with van der Waals surface area (Å²) in [6, 6.07) is 49.1. The lowest BCUT2D eigenvalue weighted by Gasteiger charge is -2.10. The number of nitrogens with zero attached hydrogens (tertiary/aromatic N) is 3. The van der Waals surface area contributed by atoms with Crippen LogP contribution in [0.25, 0.3) is 71.0 Å². The van der Waals surface area contributed by atoms with Crippen LogP contribution in [-0.4, -0.2) is 9.13 Å². The van der Waals surface area contributed by atoms with Crippen molar-refractivity contribution >= 4 is 49.3 Å². The number of hydrogen-bond donors (Lipinski definition) is 0. The predicted molar refractivity (Wildman–Crippen MR) is 167 cm³/mol. The van der Waals surface area contributed by atoms with Crippen LogP contribution in [0.15, 0.2) is 140 Å². The third-order valence-corrected chi connectivity index (χ3v) is 7.93. The van der Waals surface area contributed by atoms with Gasteiger partial charge in [0, 0.05) is 38.4 Å². The van der Waals surface area contributed by atoms with Crippen molar-refractivity contribution in [3.8, 4) is 22.5 Å². The van der Waals surface area contributed by atoms with Gasteiger partial charge in [0.05, 0.1) is 23.1 Å². The highest BCUT2D eigenvalue weighted by molar-refractivity contribution is 6.11. The number of benzene rings is 6. The third-order valence-electron chi connectivity index (χ3n) is 7.93. The van der Waals surface area contributed by atoms with Crippen molar-refractivity contribution in [3.05, 3.63) is 151 Å². The lowest BCUT2D eigenvalue weighted by molar-refractivity contribution is 1.18. The highest BCUT2D eigenvalue weighted by Gasteiger charge is 2.15. The number of rotatable bonds is 3. The third kappa shape index (κ3) is 3.30. The first kappa shape index (κ1) is 22.4. The molecule has 0 saturated carbocycles. The largest absolute Gasteiger partial charge is 0.311 e. The minimum atomic E-state index is 0.649. The fourth-order valence-electron chi connectivity index (χ4n) is 6.12. The van der Waals surface area contributed by atoms with E-state index in [9.17, 15) is 0 Å². The Morgan fingerprint density at radius 3 is 1.68 bits per heavy atom. The summed E-state index contributed by atoms with van der Waals surface area (Å²) in [7, 11) is 0. The van der Waals surface area contributed by atoms with E-state index in [4.69, 9.17) is 6.57 Å². The van der Waals surface area contributed by atoms with E-state index >= 15 is 0 Å². The van der Waals surface area contributed by atoms with Gasteiger partial charge in [0.15, 0.2) is 5.69 Å². The Kier molecular flexibility index (Phi) is 4.89. The maximum absolute atomic E-state index is 7.52. The molecule has 0 aliphatic carbocycles. The molecule has 8 aromatic rings. The lowest BCUT2D eigenvalue weighted by atomic mass is 10.0. The molecule has 0 aliphatic heterocycles. The summed E-state index contributed by atoms with van der Waals surface area (Å²) in [5.74, 6) is 0. The maximum Gasteiger partial charge on any atom is 0.189 e. The molecule has 0 saturated heterocycles. The fraction of sp³-hybridized carbons (Fsp3) is 0. The van der Waals surface area contributed by atoms with Crippen molar-refractivity contribution in [1.82, 2.24) is 9.13 Å². The number of fused-ring (bicyclic) bond motifs is 6. The van der Waals surface area contributed by atoms with Gasteiger partial charge in [-0.15, -0.1) is 0 Å². The summed E-state index contributed by atoms with van der Waals surface area (Å²) < 4.78 is 4.61. The average Bonchev–Trinajstić information content (AvgIpc) is 3.53. The first-order valence-electron chi connectivity index (χ1n) is 13.4. The van der Waals surface area contributed by atoms with Gasteiger partial charge in [0.25, 0.3) is 0 Å². The number of hydrogen-bond acceptors (Lipinski definition) is 0. The molecular formula is C37H23N3. The van der Waals surface area contributed by atoms with Crippen LogP contribution in [0.2, 0.25) is 0 Å². The lowest BCUT2D eigenvalue weighted by Crippen LogP contribution is -1.94. The average molecular weight is 510 g/mol. The molecule has 40 heavy (non-hydrogen) atoms. The van der Waals surface area contributed by atoms with Gasteiger partial charge in [0.1, 0.15) is 0 Å². The molecule has 3 nitrogen and oxygen atoms in total. The SMILES string of the molecule is [C-]#[N+]c1ccc2c3ccccc3n(-c3ccc(-c4ccc5c(c4)c4ccccc4n5-c4ccccc4)cc3)c2c1. The summed E-state index contributed by atoms with van der Waals surface area (Å²) in [4.78, 5) is 3.68. The second kappa shape index (κ2) is 8.73. The Labute approximate surface area is 231 Å². The molecule has 0 atom stereocenters. The van der Waals surface area contributed by atoms with Crippen LogP contribution in [-0.2, 0) is 0 Å². The summed E-state index contributed by atoms with van der Waals surface area (Å²) in [5.41, 5.74) is 9.86. The molecule has 6 aromatic carbocycles. The maximum atomic E-state index is 7.52. The summed E-state index contributed by atoms with van der Waals surface area (Å²) in [6.07, 6.45) is 0. The molecule has 8 rings (SSSR count). The van der Waals surface area contributed by atoms with Gasteiger partial charge < -0.3 is 9.13 Å². The standard InChI is InChI=1S/C37H23N3/c1-38-27-18-21-32-30-11-5-7-13-34(30)40(37(32)24-27)29-19-15-25(16-20-29)26-17-22-36-33(23-26)31-12-6-8-14-35(31)39(36)28-9-3-2-4-10-28/h2-24H. The predicted octanol–water partition coefficient (Wildman–Crippen LogP) is 10.1. The first-order valence-corrected chi connectivity index (χ1v) is 13.4. The molecule has 0 fully saturated rings. The van der Waals surface area contributed by atoms with E-state index in [2.05, 4.69) is 141 Å². The van der Waals surface area contributed by atoms with Gasteiger partial charge in [-0.2, -0.15) is 0 Å². The molecule has 0 spiro atoms. The molecule has 0 unspecified atom stereocenters. The van der Waals surface area contributed by atoms with Crippen LogP contribution < -0.4 is 0 Å². The quantitative estimate of drug-likeness (QED) is 0.210. The highest BCUT2D eigenvalue weighted by Crippen LogP contribution is 2.37. The zero-order chi connectivity index (χ0) is 26.6. The molecule has 3 heteroatoms. The van der Waals surface area contributed by atoms with Crippen LogP contribution in [0.4, 0.5) is 5.69 Å². The van der Waals surface area contributed by atoms with Crippen molar-refractivity contribution < 1.29 is 0 Å². The van der Waals surface area contributed by atoms with Crippen LogP contribution in [0.1, 0.15) is 0 Å². The summed E-state index contributed by atoms with van der Waals surface area (Å²) in [5, 5.41) is 4.85. The van der Waals surface area contributed by atoms with Gasteiger partial charge in [-0.05, 0) is 65.7 Å². The zero-order valence-electron chi connectivity index (χ0n) is 21.6. The summed E-state index contributed by atoms with van der Waals surface area (Å²) >= 11 is 0. The molecule has 186 valence electrons. The van der Waals surface area contributed by atoms with Gasteiger partial charge >= 0.3 is 0 Å². The smallest absolute Gasteiger partial charge is 0.189 e. The molecule has 0 bridgehead atoms. The van der Waals surface area contributed by atoms with E-state index < -0.39 is 0 Å². The fourth-order valence-corrected chi connectivity index (χ4v) is 6.12. The van der Waals surface area contributed by atoms with Crippen LogP contribution in [0.5, 0.6) is 0 Å². The second-order valence-corrected chi connectivity index (χ2v) is 10.1.